The Hall–Kier alpha value is -5.16. The SMILES string of the molecule is Cc1ccnc(-n2c3ccccc3c3ccc(Oc4cc(CC(C)C)cc(-n5cc(-c6c(C)c(C)cc(C)c6C)cn5)c4)cc32)c1. The van der Waals surface area contributed by atoms with Crippen LogP contribution in [0, 0.1) is 40.5 Å². The van der Waals surface area contributed by atoms with Crippen LogP contribution in [0.15, 0.2) is 97.5 Å². The summed E-state index contributed by atoms with van der Waals surface area (Å²) in [5.74, 6) is 2.97. The van der Waals surface area contributed by atoms with E-state index in [4.69, 9.17) is 14.8 Å². The zero-order valence-corrected chi connectivity index (χ0v) is 27.7. The van der Waals surface area contributed by atoms with Crippen molar-refractivity contribution in [2.45, 2.75) is 54.9 Å². The third-order valence-electron chi connectivity index (χ3n) is 9.11. The van der Waals surface area contributed by atoms with E-state index >= 15 is 0 Å². The highest BCUT2D eigenvalue weighted by Crippen LogP contribution is 2.36. The van der Waals surface area contributed by atoms with Gasteiger partial charge in [-0.1, -0.05) is 38.1 Å². The number of fused-ring (bicyclic) bond motifs is 3. The summed E-state index contributed by atoms with van der Waals surface area (Å²) in [6, 6.07) is 27.8. The van der Waals surface area contributed by atoms with Crippen molar-refractivity contribution in [3.05, 3.63) is 131 Å². The Morgan fingerprint density at radius 1 is 0.739 bits per heavy atom. The van der Waals surface area contributed by atoms with Crippen molar-refractivity contribution in [1.29, 1.82) is 0 Å². The molecule has 0 fully saturated rings. The molecule has 0 aliphatic rings. The van der Waals surface area contributed by atoms with Gasteiger partial charge in [-0.25, -0.2) is 9.67 Å². The molecule has 7 rings (SSSR count). The van der Waals surface area contributed by atoms with Crippen LogP contribution in [-0.4, -0.2) is 19.3 Å². The summed E-state index contributed by atoms with van der Waals surface area (Å²) in [6.07, 6.45) is 6.94. The first-order chi connectivity index (χ1) is 22.2. The zero-order chi connectivity index (χ0) is 32.1. The third kappa shape index (κ3) is 5.36. The van der Waals surface area contributed by atoms with Crippen LogP contribution in [0.2, 0.25) is 0 Å². The second-order valence-electron chi connectivity index (χ2n) is 13.1. The average molecular weight is 605 g/mol. The fourth-order valence-corrected chi connectivity index (χ4v) is 6.71. The van der Waals surface area contributed by atoms with Crippen LogP contribution in [0.1, 0.15) is 47.2 Å². The van der Waals surface area contributed by atoms with Crippen molar-refractivity contribution in [2.75, 3.05) is 0 Å². The molecule has 4 aromatic carbocycles. The molecule has 7 aromatic rings. The molecule has 0 spiro atoms. The summed E-state index contributed by atoms with van der Waals surface area (Å²) in [7, 11) is 0. The fraction of sp³-hybridized carbons (Fsp3) is 0.220. The van der Waals surface area contributed by atoms with Crippen molar-refractivity contribution in [3.63, 3.8) is 0 Å². The number of aryl methyl sites for hydroxylation is 3. The summed E-state index contributed by atoms with van der Waals surface area (Å²) in [6.45, 7) is 15.4. The number of aromatic nitrogens is 4. The van der Waals surface area contributed by atoms with Crippen LogP contribution in [0.25, 0.3) is 44.4 Å². The second kappa shape index (κ2) is 11.6. The van der Waals surface area contributed by atoms with Gasteiger partial charge in [0.2, 0.25) is 0 Å². The molecule has 0 aliphatic heterocycles. The fourth-order valence-electron chi connectivity index (χ4n) is 6.71. The van der Waals surface area contributed by atoms with Gasteiger partial charge in [0.15, 0.2) is 0 Å². The highest BCUT2D eigenvalue weighted by atomic mass is 16.5. The topological polar surface area (TPSA) is 44.9 Å². The van der Waals surface area contributed by atoms with Gasteiger partial charge in [-0.3, -0.25) is 4.57 Å². The lowest BCUT2D eigenvalue weighted by molar-refractivity contribution is 0.481. The molecule has 0 N–H and O–H groups in total. The first kappa shape index (κ1) is 29.5. The van der Waals surface area contributed by atoms with Gasteiger partial charge >= 0.3 is 0 Å². The van der Waals surface area contributed by atoms with E-state index in [1.807, 2.05) is 23.1 Å². The maximum Gasteiger partial charge on any atom is 0.137 e. The maximum atomic E-state index is 6.67. The Labute approximate surface area is 271 Å². The molecule has 0 amide bonds. The Morgan fingerprint density at radius 2 is 1.50 bits per heavy atom. The van der Waals surface area contributed by atoms with E-state index in [9.17, 15) is 0 Å². The molecule has 3 aromatic heterocycles. The second-order valence-corrected chi connectivity index (χ2v) is 13.1. The van der Waals surface area contributed by atoms with E-state index in [1.165, 1.54) is 49.7 Å². The Bertz CT molecular complexity index is 2230. The Balaban J connectivity index is 1.31. The first-order valence-electron chi connectivity index (χ1n) is 16.1. The highest BCUT2D eigenvalue weighted by Gasteiger charge is 2.16. The van der Waals surface area contributed by atoms with Gasteiger partial charge in [0.05, 0.1) is 22.9 Å². The number of nitrogens with zero attached hydrogens (tertiary/aromatic N) is 4. The van der Waals surface area contributed by atoms with Gasteiger partial charge in [0, 0.05) is 40.9 Å². The third-order valence-corrected chi connectivity index (χ3v) is 9.11. The number of hydrogen-bond acceptors (Lipinski definition) is 3. The lowest BCUT2D eigenvalue weighted by Crippen LogP contribution is -2.00. The van der Waals surface area contributed by atoms with Gasteiger partial charge in [-0.15, -0.1) is 0 Å². The minimum Gasteiger partial charge on any atom is -0.457 e. The quantitative estimate of drug-likeness (QED) is 0.182. The van der Waals surface area contributed by atoms with Gasteiger partial charge in [-0.2, -0.15) is 5.10 Å². The Morgan fingerprint density at radius 3 is 2.26 bits per heavy atom. The van der Waals surface area contributed by atoms with Crippen LogP contribution >= 0.6 is 0 Å². The molecule has 5 heteroatoms. The van der Waals surface area contributed by atoms with Gasteiger partial charge in [-0.05, 0) is 128 Å². The monoisotopic (exact) mass is 604 g/mol. The highest BCUT2D eigenvalue weighted by molar-refractivity contribution is 6.09. The summed E-state index contributed by atoms with van der Waals surface area (Å²) < 4.78 is 10.9. The molecule has 0 saturated carbocycles. The van der Waals surface area contributed by atoms with E-state index < -0.39 is 0 Å². The van der Waals surface area contributed by atoms with Gasteiger partial charge in [0.1, 0.15) is 17.3 Å². The summed E-state index contributed by atoms with van der Waals surface area (Å²) in [4.78, 5) is 4.74. The lowest BCUT2D eigenvalue weighted by Gasteiger charge is -2.14. The minimum absolute atomic E-state index is 0.505. The van der Waals surface area contributed by atoms with Crippen molar-refractivity contribution in [3.8, 4) is 34.1 Å². The van der Waals surface area contributed by atoms with Crippen molar-refractivity contribution in [2.24, 2.45) is 5.92 Å². The number of para-hydroxylation sites is 1. The standard InChI is InChI=1S/C41H40N4O/c1-25(2)16-31-19-33(44-24-32(23-43-44)41-29(6)27(4)18-28(5)30(41)7)21-35(20-31)46-34-12-13-37-36-10-8-9-11-38(36)45(39(37)22-34)40-17-26(3)14-15-42-40/h8-15,17-25H,16H2,1-7H3. The number of pyridine rings is 1. The van der Waals surface area contributed by atoms with Crippen LogP contribution in [0.4, 0.5) is 0 Å². The summed E-state index contributed by atoms with van der Waals surface area (Å²) >= 11 is 0. The van der Waals surface area contributed by atoms with Crippen molar-refractivity contribution >= 4 is 21.8 Å². The van der Waals surface area contributed by atoms with Crippen LogP contribution in [0.3, 0.4) is 0 Å². The summed E-state index contributed by atoms with van der Waals surface area (Å²) in [5, 5.41) is 7.20. The molecule has 0 saturated heterocycles. The van der Waals surface area contributed by atoms with Crippen molar-refractivity contribution in [1.82, 2.24) is 19.3 Å². The van der Waals surface area contributed by atoms with E-state index in [0.717, 1.165) is 46.0 Å². The smallest absolute Gasteiger partial charge is 0.137 e. The zero-order valence-electron chi connectivity index (χ0n) is 27.7. The number of ether oxygens (including phenoxy) is 1. The van der Waals surface area contributed by atoms with E-state index in [-0.39, 0.29) is 0 Å². The molecular formula is C41H40N4O. The van der Waals surface area contributed by atoms with E-state index in [2.05, 4.69) is 132 Å². The normalized spacial score (nSPS) is 11.7. The molecule has 0 bridgehead atoms. The molecule has 230 valence electrons. The molecular weight excluding hydrogens is 564 g/mol. The number of rotatable bonds is 7. The Kier molecular flexibility index (Phi) is 7.48. The van der Waals surface area contributed by atoms with E-state index in [0.29, 0.717) is 5.92 Å². The van der Waals surface area contributed by atoms with Crippen LogP contribution < -0.4 is 4.74 Å². The van der Waals surface area contributed by atoms with Gasteiger partial charge < -0.3 is 4.74 Å². The van der Waals surface area contributed by atoms with Crippen LogP contribution in [-0.2, 0) is 6.42 Å². The molecule has 0 radical (unpaired) electrons. The predicted octanol–water partition coefficient (Wildman–Crippen LogP) is 10.6. The largest absolute Gasteiger partial charge is 0.457 e. The van der Waals surface area contributed by atoms with E-state index in [1.54, 1.807) is 0 Å². The number of benzene rings is 4. The lowest BCUT2D eigenvalue weighted by atomic mass is 9.91. The average Bonchev–Trinajstić information content (AvgIpc) is 3.63. The molecule has 0 aliphatic carbocycles. The molecule has 3 heterocycles. The summed E-state index contributed by atoms with van der Waals surface area (Å²) in [5.41, 5.74) is 13.2. The molecule has 0 atom stereocenters. The molecule has 0 unspecified atom stereocenters. The van der Waals surface area contributed by atoms with Crippen molar-refractivity contribution < 1.29 is 4.74 Å². The number of hydrogen-bond donors (Lipinski definition) is 0. The minimum atomic E-state index is 0.505. The van der Waals surface area contributed by atoms with Crippen LogP contribution in [0.5, 0.6) is 11.5 Å². The molecule has 46 heavy (non-hydrogen) atoms. The first-order valence-corrected chi connectivity index (χ1v) is 16.1. The van der Waals surface area contributed by atoms with Gasteiger partial charge in [0.25, 0.3) is 0 Å². The maximum absolute atomic E-state index is 6.67. The molecule has 5 nitrogen and oxygen atoms in total. The predicted molar refractivity (Wildman–Crippen MR) is 190 cm³/mol.